The monoisotopic (exact) mass is 352 g/mol. The Labute approximate surface area is 150 Å². The molecule has 0 heterocycles. The smallest absolute Gasteiger partial charge is 0.409 e. The Morgan fingerprint density at radius 2 is 1.04 bits per heavy atom. The molecule has 4 heteroatoms. The van der Waals surface area contributed by atoms with Crippen LogP contribution in [0.2, 0.25) is 0 Å². The summed E-state index contributed by atoms with van der Waals surface area (Å²) in [4.78, 5) is 0. The van der Waals surface area contributed by atoms with E-state index < -0.39 is 8.60 Å². The molecule has 25 heavy (non-hydrogen) atoms. The molecule has 0 aromatic heterocycles. The molecule has 0 spiro atoms. The van der Waals surface area contributed by atoms with Crippen molar-refractivity contribution in [3.63, 3.8) is 0 Å². The number of benzene rings is 3. The highest BCUT2D eigenvalue weighted by molar-refractivity contribution is 7.43. The van der Waals surface area contributed by atoms with Gasteiger partial charge in [0.2, 0.25) is 0 Å². The Bertz CT molecular complexity index is 783. The SMILES string of the molecule is Cc1ccc(OP(Oc2ccccc2C)Oc2ccccc2C)cc1. The average Bonchev–Trinajstić information content (AvgIpc) is 2.61. The van der Waals surface area contributed by atoms with Crippen molar-refractivity contribution in [2.45, 2.75) is 20.8 Å². The fraction of sp³-hybridized carbons (Fsp3) is 0.143. The molecule has 0 saturated heterocycles. The van der Waals surface area contributed by atoms with Gasteiger partial charge in [-0.15, -0.1) is 0 Å². The first-order chi connectivity index (χ1) is 12.1. The lowest BCUT2D eigenvalue weighted by atomic mass is 10.2. The zero-order chi connectivity index (χ0) is 17.6. The maximum atomic E-state index is 6.06. The molecule has 0 aliphatic carbocycles. The van der Waals surface area contributed by atoms with Crippen molar-refractivity contribution in [2.75, 3.05) is 0 Å². The van der Waals surface area contributed by atoms with Crippen LogP contribution in [0.4, 0.5) is 0 Å². The van der Waals surface area contributed by atoms with Crippen molar-refractivity contribution in [2.24, 2.45) is 0 Å². The molecular weight excluding hydrogens is 331 g/mol. The topological polar surface area (TPSA) is 27.7 Å². The Hall–Kier alpha value is -2.51. The third-order valence-electron chi connectivity index (χ3n) is 3.73. The number of rotatable bonds is 6. The first-order valence-electron chi connectivity index (χ1n) is 8.14. The summed E-state index contributed by atoms with van der Waals surface area (Å²) in [7, 11) is -1.63. The third-order valence-corrected chi connectivity index (χ3v) is 4.79. The molecule has 3 rings (SSSR count). The summed E-state index contributed by atoms with van der Waals surface area (Å²) in [5.74, 6) is 2.24. The molecule has 128 valence electrons. The minimum Gasteiger partial charge on any atom is -0.409 e. The predicted molar refractivity (Wildman–Crippen MR) is 102 cm³/mol. The molecule has 3 aromatic rings. The van der Waals surface area contributed by atoms with Crippen LogP contribution in [0, 0.1) is 20.8 Å². The Morgan fingerprint density at radius 3 is 1.52 bits per heavy atom. The van der Waals surface area contributed by atoms with Gasteiger partial charge in [0.25, 0.3) is 0 Å². The molecule has 0 atom stereocenters. The first-order valence-corrected chi connectivity index (χ1v) is 9.23. The van der Waals surface area contributed by atoms with Crippen LogP contribution < -0.4 is 13.6 Å². The van der Waals surface area contributed by atoms with Gasteiger partial charge in [-0.3, -0.25) is 0 Å². The van der Waals surface area contributed by atoms with Gasteiger partial charge in [0.05, 0.1) is 0 Å². The van der Waals surface area contributed by atoms with E-state index in [9.17, 15) is 0 Å². The van der Waals surface area contributed by atoms with Gasteiger partial charge in [-0.2, -0.15) is 0 Å². The van der Waals surface area contributed by atoms with E-state index in [1.54, 1.807) is 0 Å². The molecule has 3 nitrogen and oxygen atoms in total. The number of hydrogen-bond acceptors (Lipinski definition) is 3. The lowest BCUT2D eigenvalue weighted by Crippen LogP contribution is -2.03. The van der Waals surface area contributed by atoms with Crippen molar-refractivity contribution in [3.8, 4) is 17.2 Å². The van der Waals surface area contributed by atoms with E-state index in [2.05, 4.69) is 0 Å². The van der Waals surface area contributed by atoms with Crippen LogP contribution >= 0.6 is 8.60 Å². The van der Waals surface area contributed by atoms with E-state index in [0.717, 1.165) is 28.4 Å². The van der Waals surface area contributed by atoms with E-state index >= 15 is 0 Å². The van der Waals surface area contributed by atoms with E-state index in [1.807, 2.05) is 93.6 Å². The van der Waals surface area contributed by atoms with Gasteiger partial charge in [-0.1, -0.05) is 54.1 Å². The number of hydrogen-bond donors (Lipinski definition) is 0. The van der Waals surface area contributed by atoms with E-state index in [-0.39, 0.29) is 0 Å². The normalized spacial score (nSPS) is 10.6. The summed E-state index contributed by atoms with van der Waals surface area (Å²) in [5, 5.41) is 0. The van der Waals surface area contributed by atoms with Gasteiger partial charge in [0.15, 0.2) is 0 Å². The maximum absolute atomic E-state index is 6.06. The first kappa shape index (κ1) is 17.3. The van der Waals surface area contributed by atoms with Crippen molar-refractivity contribution in [3.05, 3.63) is 89.5 Å². The van der Waals surface area contributed by atoms with Gasteiger partial charge in [-0.25, -0.2) is 0 Å². The van der Waals surface area contributed by atoms with Crippen LogP contribution in [-0.4, -0.2) is 0 Å². The van der Waals surface area contributed by atoms with Crippen molar-refractivity contribution in [1.82, 2.24) is 0 Å². The highest BCUT2D eigenvalue weighted by Gasteiger charge is 2.21. The lowest BCUT2D eigenvalue weighted by molar-refractivity contribution is 0.386. The van der Waals surface area contributed by atoms with Crippen LogP contribution in [-0.2, 0) is 0 Å². The Morgan fingerprint density at radius 1 is 0.560 bits per heavy atom. The second-order valence-electron chi connectivity index (χ2n) is 5.84. The lowest BCUT2D eigenvalue weighted by Gasteiger charge is -2.19. The zero-order valence-corrected chi connectivity index (χ0v) is 15.5. The van der Waals surface area contributed by atoms with Crippen LogP contribution in [0.15, 0.2) is 72.8 Å². The maximum Gasteiger partial charge on any atom is 0.530 e. The molecule has 0 amide bonds. The second-order valence-corrected chi connectivity index (χ2v) is 6.84. The predicted octanol–water partition coefficient (Wildman–Crippen LogP) is 6.38. The van der Waals surface area contributed by atoms with E-state index in [4.69, 9.17) is 13.6 Å². The molecular formula is C21H21O3P. The van der Waals surface area contributed by atoms with Crippen LogP contribution in [0.1, 0.15) is 16.7 Å². The fourth-order valence-electron chi connectivity index (χ4n) is 2.22. The molecule has 3 aromatic carbocycles. The number of para-hydroxylation sites is 2. The molecule has 0 bridgehead atoms. The molecule has 0 aliphatic heterocycles. The van der Waals surface area contributed by atoms with Gasteiger partial charge in [0.1, 0.15) is 17.2 Å². The highest BCUT2D eigenvalue weighted by Crippen LogP contribution is 2.43. The molecule has 0 radical (unpaired) electrons. The standard InChI is InChI=1S/C21H21O3P/c1-16-12-14-19(15-13-16)22-25(23-20-10-6-4-8-17(20)2)24-21-11-7-5-9-18(21)3/h4-15H,1-3H3. The van der Waals surface area contributed by atoms with Gasteiger partial charge in [-0.05, 0) is 56.2 Å². The van der Waals surface area contributed by atoms with Crippen LogP contribution in [0.25, 0.3) is 0 Å². The third kappa shape index (κ3) is 4.74. The summed E-state index contributed by atoms with van der Waals surface area (Å²) in [6, 6.07) is 23.5. The summed E-state index contributed by atoms with van der Waals surface area (Å²) in [6.45, 7) is 6.05. The second kappa shape index (κ2) is 8.04. The number of aryl methyl sites for hydroxylation is 3. The zero-order valence-electron chi connectivity index (χ0n) is 14.6. The van der Waals surface area contributed by atoms with Crippen molar-refractivity contribution < 1.29 is 13.6 Å². The molecule has 0 unspecified atom stereocenters. The summed E-state index contributed by atoms with van der Waals surface area (Å²) in [5.41, 5.74) is 3.25. The van der Waals surface area contributed by atoms with Crippen LogP contribution in [0.3, 0.4) is 0 Å². The highest BCUT2D eigenvalue weighted by atomic mass is 31.2. The molecule has 0 fully saturated rings. The van der Waals surface area contributed by atoms with Gasteiger partial charge in [0, 0.05) is 0 Å². The average molecular weight is 352 g/mol. The van der Waals surface area contributed by atoms with Crippen LogP contribution in [0.5, 0.6) is 17.2 Å². The fourth-order valence-corrected chi connectivity index (χ4v) is 3.36. The minimum absolute atomic E-state index is 0.721. The molecule has 0 aliphatic rings. The Balaban J connectivity index is 1.83. The van der Waals surface area contributed by atoms with Gasteiger partial charge >= 0.3 is 8.60 Å². The van der Waals surface area contributed by atoms with Crippen molar-refractivity contribution >= 4 is 8.60 Å². The van der Waals surface area contributed by atoms with Gasteiger partial charge < -0.3 is 13.6 Å². The summed E-state index contributed by atoms with van der Waals surface area (Å²) < 4.78 is 18.1. The van der Waals surface area contributed by atoms with E-state index in [0.29, 0.717) is 0 Å². The minimum atomic E-state index is -1.63. The largest absolute Gasteiger partial charge is 0.530 e. The summed E-state index contributed by atoms with van der Waals surface area (Å²) >= 11 is 0. The molecule has 0 N–H and O–H groups in total. The Kier molecular flexibility index (Phi) is 5.57. The van der Waals surface area contributed by atoms with E-state index in [1.165, 1.54) is 5.56 Å². The molecule has 0 saturated carbocycles. The summed E-state index contributed by atoms with van der Waals surface area (Å²) in [6.07, 6.45) is 0. The quantitative estimate of drug-likeness (QED) is 0.482. The van der Waals surface area contributed by atoms with Crippen molar-refractivity contribution in [1.29, 1.82) is 0 Å².